The van der Waals surface area contributed by atoms with Crippen LogP contribution in [-0.4, -0.2) is 23.5 Å². The molecule has 0 fully saturated rings. The topological polar surface area (TPSA) is 66.4 Å². The van der Waals surface area contributed by atoms with E-state index in [1.807, 2.05) is 13.8 Å². The zero-order chi connectivity index (χ0) is 15.3. The van der Waals surface area contributed by atoms with Crippen molar-refractivity contribution in [2.75, 3.05) is 6.54 Å². The number of rotatable bonds is 6. The Morgan fingerprint density at radius 2 is 2.00 bits per heavy atom. The summed E-state index contributed by atoms with van der Waals surface area (Å²) in [5, 5.41) is 11.6. The van der Waals surface area contributed by atoms with Crippen LogP contribution in [0.15, 0.2) is 18.2 Å². The van der Waals surface area contributed by atoms with Crippen LogP contribution in [-0.2, 0) is 4.79 Å². The highest BCUT2D eigenvalue weighted by molar-refractivity contribution is 5.94. The molecule has 0 saturated heterocycles. The second-order valence-corrected chi connectivity index (χ2v) is 5.36. The lowest BCUT2D eigenvalue weighted by Crippen LogP contribution is -2.34. The normalized spacial score (nSPS) is 12.2. The monoisotopic (exact) mass is 281 g/mol. The van der Waals surface area contributed by atoms with Crippen LogP contribution < -0.4 is 5.32 Å². The van der Waals surface area contributed by atoms with E-state index in [1.165, 1.54) is 12.1 Å². The number of nitrogens with one attached hydrogen (secondary N) is 1. The van der Waals surface area contributed by atoms with Crippen LogP contribution in [0.2, 0.25) is 0 Å². The molecule has 1 aromatic carbocycles. The maximum absolute atomic E-state index is 13.5. The van der Waals surface area contributed by atoms with E-state index in [1.54, 1.807) is 13.0 Å². The lowest BCUT2D eigenvalue weighted by atomic mass is 9.97. The second kappa shape index (κ2) is 7.03. The first-order valence-electron chi connectivity index (χ1n) is 6.58. The average Bonchev–Trinajstić information content (AvgIpc) is 2.36. The molecule has 1 rings (SSSR count). The molecule has 0 unspecified atom stereocenters. The van der Waals surface area contributed by atoms with Crippen molar-refractivity contribution in [2.24, 2.45) is 11.8 Å². The highest BCUT2D eigenvalue weighted by atomic mass is 19.1. The van der Waals surface area contributed by atoms with E-state index in [0.717, 1.165) is 5.56 Å². The maximum Gasteiger partial charge on any atom is 0.308 e. The Morgan fingerprint density at radius 3 is 2.55 bits per heavy atom. The molecule has 0 aliphatic rings. The molecule has 2 N–H and O–H groups in total. The van der Waals surface area contributed by atoms with Gasteiger partial charge in [0.15, 0.2) is 0 Å². The largest absolute Gasteiger partial charge is 0.481 e. The minimum Gasteiger partial charge on any atom is -0.481 e. The van der Waals surface area contributed by atoms with Gasteiger partial charge in [-0.05, 0) is 31.4 Å². The van der Waals surface area contributed by atoms with E-state index in [9.17, 15) is 14.0 Å². The zero-order valence-electron chi connectivity index (χ0n) is 11.9. The van der Waals surface area contributed by atoms with E-state index < -0.39 is 23.6 Å². The second-order valence-electron chi connectivity index (χ2n) is 5.36. The number of carbonyl (C=O) groups is 2. The molecule has 0 aliphatic heterocycles. The third-order valence-corrected chi connectivity index (χ3v) is 2.98. The van der Waals surface area contributed by atoms with Crippen molar-refractivity contribution in [1.29, 1.82) is 0 Å². The van der Waals surface area contributed by atoms with Crippen LogP contribution in [0.4, 0.5) is 4.39 Å². The van der Waals surface area contributed by atoms with E-state index in [-0.39, 0.29) is 18.0 Å². The fraction of sp³-hybridized carbons (Fsp3) is 0.467. The molecule has 0 bridgehead atoms. The van der Waals surface area contributed by atoms with Gasteiger partial charge in [0.25, 0.3) is 5.91 Å². The minimum absolute atomic E-state index is 0.000269. The molecule has 110 valence electrons. The van der Waals surface area contributed by atoms with Crippen molar-refractivity contribution in [1.82, 2.24) is 5.32 Å². The van der Waals surface area contributed by atoms with Crippen molar-refractivity contribution < 1.29 is 19.1 Å². The Kier molecular flexibility index (Phi) is 5.67. The van der Waals surface area contributed by atoms with Gasteiger partial charge >= 0.3 is 5.97 Å². The number of hydrogen-bond acceptors (Lipinski definition) is 2. The maximum atomic E-state index is 13.5. The van der Waals surface area contributed by atoms with Gasteiger partial charge in [0.2, 0.25) is 0 Å². The SMILES string of the molecule is Cc1ccc(F)c(C(=O)NC[C@H](CC(C)C)C(=O)O)c1. The third-order valence-electron chi connectivity index (χ3n) is 2.98. The summed E-state index contributed by atoms with van der Waals surface area (Å²) in [5.41, 5.74) is 0.715. The number of aryl methyl sites for hydroxylation is 1. The van der Waals surface area contributed by atoms with Crippen molar-refractivity contribution in [2.45, 2.75) is 27.2 Å². The van der Waals surface area contributed by atoms with Crippen molar-refractivity contribution in [3.8, 4) is 0 Å². The van der Waals surface area contributed by atoms with Crippen LogP contribution in [0.25, 0.3) is 0 Å². The Labute approximate surface area is 118 Å². The first-order chi connectivity index (χ1) is 9.31. The van der Waals surface area contributed by atoms with Gasteiger partial charge in [0.05, 0.1) is 11.5 Å². The van der Waals surface area contributed by atoms with Gasteiger partial charge < -0.3 is 10.4 Å². The summed E-state index contributed by atoms with van der Waals surface area (Å²) >= 11 is 0. The molecule has 0 saturated carbocycles. The Morgan fingerprint density at radius 1 is 1.35 bits per heavy atom. The van der Waals surface area contributed by atoms with Gasteiger partial charge in [-0.25, -0.2) is 4.39 Å². The summed E-state index contributed by atoms with van der Waals surface area (Å²) in [6.07, 6.45) is 0.464. The number of halogens is 1. The van der Waals surface area contributed by atoms with E-state index in [0.29, 0.717) is 6.42 Å². The predicted octanol–water partition coefficient (Wildman–Crippen LogP) is 2.61. The Bertz CT molecular complexity index is 500. The zero-order valence-corrected chi connectivity index (χ0v) is 11.9. The molecule has 1 aromatic rings. The number of carbonyl (C=O) groups excluding carboxylic acids is 1. The van der Waals surface area contributed by atoms with Gasteiger partial charge in [-0.1, -0.05) is 25.5 Å². The van der Waals surface area contributed by atoms with Crippen LogP contribution in [0.3, 0.4) is 0 Å². The van der Waals surface area contributed by atoms with E-state index in [4.69, 9.17) is 5.11 Å². The number of carboxylic acid groups (broad SMARTS) is 1. The molecule has 0 aromatic heterocycles. The van der Waals surface area contributed by atoms with Crippen LogP contribution in [0, 0.1) is 24.6 Å². The third kappa shape index (κ3) is 4.64. The van der Waals surface area contributed by atoms with Gasteiger partial charge in [-0.15, -0.1) is 0 Å². The highest BCUT2D eigenvalue weighted by Crippen LogP contribution is 2.13. The summed E-state index contributed by atoms with van der Waals surface area (Å²) in [5.74, 6) is -2.59. The van der Waals surface area contributed by atoms with E-state index in [2.05, 4.69) is 5.32 Å². The molecule has 1 atom stereocenters. The average molecular weight is 281 g/mol. The molecule has 0 radical (unpaired) electrons. The number of benzene rings is 1. The summed E-state index contributed by atoms with van der Waals surface area (Å²) in [4.78, 5) is 23.0. The molecular weight excluding hydrogens is 261 g/mol. The lowest BCUT2D eigenvalue weighted by molar-refractivity contribution is -0.142. The van der Waals surface area contributed by atoms with Crippen LogP contribution >= 0.6 is 0 Å². The summed E-state index contributed by atoms with van der Waals surface area (Å²) in [7, 11) is 0. The van der Waals surface area contributed by atoms with E-state index >= 15 is 0 Å². The molecule has 0 heterocycles. The number of aliphatic carboxylic acids is 1. The van der Waals surface area contributed by atoms with Gasteiger partial charge in [0.1, 0.15) is 5.82 Å². The van der Waals surface area contributed by atoms with Gasteiger partial charge in [0, 0.05) is 6.54 Å². The fourth-order valence-electron chi connectivity index (χ4n) is 1.96. The molecule has 20 heavy (non-hydrogen) atoms. The molecule has 1 amide bonds. The first-order valence-corrected chi connectivity index (χ1v) is 6.58. The minimum atomic E-state index is -0.955. The first kappa shape index (κ1) is 16.1. The van der Waals surface area contributed by atoms with Crippen molar-refractivity contribution in [3.63, 3.8) is 0 Å². The standard InChI is InChI=1S/C15H20FNO3/c1-9(2)6-11(15(19)20)8-17-14(18)12-7-10(3)4-5-13(12)16/h4-5,7,9,11H,6,8H2,1-3H3,(H,17,18)(H,19,20)/t11-/m0/s1. The molecule has 5 heteroatoms. The fourth-order valence-corrected chi connectivity index (χ4v) is 1.96. The van der Waals surface area contributed by atoms with Gasteiger partial charge in [-0.3, -0.25) is 9.59 Å². The Hall–Kier alpha value is -1.91. The van der Waals surface area contributed by atoms with Gasteiger partial charge in [-0.2, -0.15) is 0 Å². The number of amides is 1. The molecule has 0 aliphatic carbocycles. The number of hydrogen-bond donors (Lipinski definition) is 2. The summed E-state index contributed by atoms with van der Waals surface area (Å²) < 4.78 is 13.5. The summed E-state index contributed by atoms with van der Waals surface area (Å²) in [6, 6.07) is 4.25. The molecular formula is C15H20FNO3. The van der Waals surface area contributed by atoms with Crippen molar-refractivity contribution in [3.05, 3.63) is 35.1 Å². The smallest absolute Gasteiger partial charge is 0.308 e. The van der Waals surface area contributed by atoms with Crippen LogP contribution in [0.1, 0.15) is 36.2 Å². The number of carboxylic acids is 1. The highest BCUT2D eigenvalue weighted by Gasteiger charge is 2.20. The van der Waals surface area contributed by atoms with Crippen molar-refractivity contribution >= 4 is 11.9 Å². The molecule has 0 spiro atoms. The molecule has 4 nitrogen and oxygen atoms in total. The Balaban J connectivity index is 2.70. The summed E-state index contributed by atoms with van der Waals surface area (Å²) in [6.45, 7) is 5.59. The quantitative estimate of drug-likeness (QED) is 0.842. The predicted molar refractivity (Wildman–Crippen MR) is 74.1 cm³/mol. The lowest BCUT2D eigenvalue weighted by Gasteiger charge is -2.15. The van der Waals surface area contributed by atoms with Crippen LogP contribution in [0.5, 0.6) is 0 Å².